The SMILES string of the molecule is CN1CCC(N(C)C(=O)c2ccc(N(OC=O)c3nc4c(N5CCC(CCO)(c6ccc(Cl)cc6)CC5)cccn4n3)cc2)CC1. The van der Waals surface area contributed by atoms with Gasteiger partial charge in [-0.3, -0.25) is 9.59 Å². The number of rotatable bonds is 10. The van der Waals surface area contributed by atoms with Crippen LogP contribution in [0.2, 0.25) is 5.02 Å². The van der Waals surface area contributed by atoms with E-state index in [9.17, 15) is 14.7 Å². The highest BCUT2D eigenvalue weighted by Gasteiger charge is 2.36. The Kier molecular flexibility index (Phi) is 9.44. The van der Waals surface area contributed by atoms with Crippen LogP contribution >= 0.6 is 11.6 Å². The fraction of sp³-hybridized carbons (Fsp3) is 0.412. The largest absolute Gasteiger partial charge is 0.396 e. The highest BCUT2D eigenvalue weighted by molar-refractivity contribution is 6.30. The molecule has 6 rings (SSSR count). The average molecular weight is 646 g/mol. The van der Waals surface area contributed by atoms with E-state index in [4.69, 9.17) is 21.4 Å². The lowest BCUT2D eigenvalue weighted by Gasteiger charge is -2.43. The molecule has 4 aromatic rings. The molecule has 242 valence electrons. The summed E-state index contributed by atoms with van der Waals surface area (Å²) in [4.78, 5) is 41.4. The number of aromatic nitrogens is 3. The van der Waals surface area contributed by atoms with Gasteiger partial charge in [-0.1, -0.05) is 23.7 Å². The van der Waals surface area contributed by atoms with Gasteiger partial charge in [-0.2, -0.15) is 4.98 Å². The van der Waals surface area contributed by atoms with Crippen LogP contribution < -0.4 is 9.96 Å². The van der Waals surface area contributed by atoms with E-state index in [2.05, 4.69) is 34.1 Å². The number of aliphatic hydroxyl groups is 1. The summed E-state index contributed by atoms with van der Waals surface area (Å²) in [6, 6.07) is 19.0. The van der Waals surface area contributed by atoms with Crippen molar-refractivity contribution in [1.82, 2.24) is 24.4 Å². The molecule has 2 aromatic carbocycles. The number of hydrogen-bond acceptors (Lipinski definition) is 9. The van der Waals surface area contributed by atoms with E-state index >= 15 is 0 Å². The van der Waals surface area contributed by atoms with E-state index in [0.717, 1.165) is 57.5 Å². The van der Waals surface area contributed by atoms with E-state index in [-0.39, 0.29) is 29.9 Å². The van der Waals surface area contributed by atoms with E-state index < -0.39 is 0 Å². The van der Waals surface area contributed by atoms with Gasteiger partial charge in [0.25, 0.3) is 11.9 Å². The van der Waals surface area contributed by atoms with Gasteiger partial charge in [-0.15, -0.1) is 10.2 Å². The Hall–Kier alpha value is -4.19. The molecule has 2 aliphatic heterocycles. The molecule has 0 radical (unpaired) electrons. The maximum atomic E-state index is 13.2. The molecule has 2 aliphatic rings. The van der Waals surface area contributed by atoms with Gasteiger partial charge in [0, 0.05) is 55.0 Å². The van der Waals surface area contributed by atoms with E-state index in [1.165, 1.54) is 10.6 Å². The van der Waals surface area contributed by atoms with Gasteiger partial charge in [0.2, 0.25) is 0 Å². The van der Waals surface area contributed by atoms with Crippen molar-refractivity contribution in [2.45, 2.75) is 43.6 Å². The van der Waals surface area contributed by atoms with Gasteiger partial charge >= 0.3 is 6.47 Å². The highest BCUT2D eigenvalue weighted by Crippen LogP contribution is 2.41. The first-order valence-electron chi connectivity index (χ1n) is 15.8. The summed E-state index contributed by atoms with van der Waals surface area (Å²) in [5.74, 6) is 0.148. The predicted molar refractivity (Wildman–Crippen MR) is 178 cm³/mol. The number of halogens is 1. The molecule has 1 N–H and O–H groups in total. The lowest BCUT2D eigenvalue weighted by molar-refractivity contribution is -0.128. The summed E-state index contributed by atoms with van der Waals surface area (Å²) in [5, 5.41) is 16.5. The van der Waals surface area contributed by atoms with Crippen LogP contribution in [0.5, 0.6) is 0 Å². The van der Waals surface area contributed by atoms with Crippen molar-refractivity contribution in [2.24, 2.45) is 0 Å². The summed E-state index contributed by atoms with van der Waals surface area (Å²) in [6.45, 7) is 3.92. The maximum Gasteiger partial charge on any atom is 0.321 e. The zero-order valence-electron chi connectivity index (χ0n) is 26.3. The van der Waals surface area contributed by atoms with Crippen molar-refractivity contribution in [3.05, 3.63) is 83.0 Å². The third-order valence-corrected chi connectivity index (χ3v) is 9.93. The molecule has 0 spiro atoms. The fourth-order valence-electron chi connectivity index (χ4n) is 6.85. The first-order valence-corrected chi connectivity index (χ1v) is 16.1. The molecule has 2 fully saturated rings. The molecule has 12 heteroatoms. The number of carbonyl (C=O) groups is 2. The molecule has 0 atom stereocenters. The van der Waals surface area contributed by atoms with Gasteiger partial charge in [0.15, 0.2) is 5.65 Å². The number of hydrogen-bond donors (Lipinski definition) is 1. The number of nitrogens with zero attached hydrogens (tertiary/aromatic N) is 7. The van der Waals surface area contributed by atoms with Crippen LogP contribution in [0.1, 0.15) is 48.0 Å². The van der Waals surface area contributed by atoms with Crippen LogP contribution in [0.3, 0.4) is 0 Å². The summed E-state index contributed by atoms with van der Waals surface area (Å²) < 4.78 is 1.68. The lowest BCUT2D eigenvalue weighted by atomic mass is 9.70. The molecule has 0 aliphatic carbocycles. The Morgan fingerprint density at radius 2 is 1.76 bits per heavy atom. The summed E-state index contributed by atoms with van der Waals surface area (Å²) in [7, 11) is 3.96. The monoisotopic (exact) mass is 645 g/mol. The average Bonchev–Trinajstić information content (AvgIpc) is 3.52. The van der Waals surface area contributed by atoms with Crippen molar-refractivity contribution in [3.8, 4) is 0 Å². The molecule has 0 unspecified atom stereocenters. The molecule has 0 bridgehead atoms. The number of pyridine rings is 1. The molecule has 2 aromatic heterocycles. The number of likely N-dealkylation sites (tertiary alicyclic amines) is 1. The van der Waals surface area contributed by atoms with Crippen molar-refractivity contribution in [3.63, 3.8) is 0 Å². The number of amides is 1. The number of fused-ring (bicyclic) bond motifs is 1. The standard InChI is InChI=1S/C34H40ClN7O4/c1-38-19-13-28(14-20-38)39(2)32(45)25-5-11-29(12-6-25)42(46-24-44)33-36-31-30(4-3-18-41(31)37-33)40-21-15-34(16-22-40,17-23-43)26-7-9-27(35)10-8-26/h3-12,18,24,28,43H,13-17,19-23H2,1-2H3. The van der Waals surface area contributed by atoms with Crippen molar-refractivity contribution >= 4 is 47.0 Å². The third kappa shape index (κ3) is 6.40. The van der Waals surface area contributed by atoms with E-state index in [1.807, 2.05) is 42.4 Å². The first kappa shape index (κ1) is 31.8. The summed E-state index contributed by atoms with van der Waals surface area (Å²) >= 11 is 6.16. The molecule has 1 amide bonds. The van der Waals surface area contributed by atoms with Crippen molar-refractivity contribution in [1.29, 1.82) is 0 Å². The summed E-state index contributed by atoms with van der Waals surface area (Å²) in [6.07, 6.45) is 6.10. The number of carbonyl (C=O) groups excluding carboxylic acids is 2. The van der Waals surface area contributed by atoms with E-state index in [0.29, 0.717) is 34.8 Å². The molecule has 46 heavy (non-hydrogen) atoms. The second-order valence-electron chi connectivity index (χ2n) is 12.3. The quantitative estimate of drug-likeness (QED) is 0.194. The second-order valence-corrected chi connectivity index (χ2v) is 12.8. The van der Waals surface area contributed by atoms with Gasteiger partial charge in [0.1, 0.15) is 0 Å². The van der Waals surface area contributed by atoms with E-state index in [1.54, 1.807) is 28.8 Å². The van der Waals surface area contributed by atoms with Gasteiger partial charge in [-0.05, 0) is 106 Å². The minimum Gasteiger partial charge on any atom is -0.396 e. The van der Waals surface area contributed by atoms with Crippen molar-refractivity contribution < 1.29 is 19.5 Å². The molecule has 4 heterocycles. The maximum absolute atomic E-state index is 13.2. The molecule has 2 saturated heterocycles. The van der Waals surface area contributed by atoms with Crippen LogP contribution in [0.25, 0.3) is 5.65 Å². The van der Waals surface area contributed by atoms with Gasteiger partial charge < -0.3 is 24.6 Å². The smallest absolute Gasteiger partial charge is 0.321 e. The van der Waals surface area contributed by atoms with Crippen LogP contribution in [0, 0.1) is 0 Å². The number of piperidine rings is 2. The van der Waals surface area contributed by atoms with Crippen molar-refractivity contribution in [2.75, 3.05) is 56.8 Å². The topological polar surface area (TPSA) is 107 Å². The fourth-order valence-corrected chi connectivity index (χ4v) is 6.97. The number of benzene rings is 2. The van der Waals surface area contributed by atoms with Crippen LogP contribution in [-0.4, -0.2) is 94.8 Å². The number of aliphatic hydroxyl groups excluding tert-OH is 1. The minimum absolute atomic E-state index is 0.0416. The minimum atomic E-state index is -0.135. The predicted octanol–water partition coefficient (Wildman–Crippen LogP) is 4.70. The Morgan fingerprint density at radius 3 is 2.41 bits per heavy atom. The Balaban J connectivity index is 1.21. The highest BCUT2D eigenvalue weighted by atomic mass is 35.5. The van der Waals surface area contributed by atoms with Crippen LogP contribution in [-0.2, 0) is 15.0 Å². The molecular formula is C34H40ClN7O4. The molecule has 0 saturated carbocycles. The lowest BCUT2D eigenvalue weighted by Crippen LogP contribution is -2.44. The molecule has 11 nitrogen and oxygen atoms in total. The summed E-state index contributed by atoms with van der Waals surface area (Å²) in [5.41, 5.74) is 3.67. The Morgan fingerprint density at radius 1 is 1.07 bits per heavy atom. The van der Waals surface area contributed by atoms with Crippen LogP contribution in [0.15, 0.2) is 66.9 Å². The first-order chi connectivity index (χ1) is 22.3. The Bertz CT molecular complexity index is 1650. The van der Waals surface area contributed by atoms with Gasteiger partial charge in [0.05, 0.1) is 11.4 Å². The third-order valence-electron chi connectivity index (χ3n) is 9.67. The second kappa shape index (κ2) is 13.7. The zero-order chi connectivity index (χ0) is 32.3. The Labute approximate surface area is 273 Å². The van der Waals surface area contributed by atoms with Crippen LogP contribution in [0.4, 0.5) is 17.3 Å². The number of anilines is 3. The normalized spacial score (nSPS) is 17.2. The zero-order valence-corrected chi connectivity index (χ0v) is 27.0. The van der Waals surface area contributed by atoms with Gasteiger partial charge in [-0.25, -0.2) is 4.52 Å². The molecular weight excluding hydrogens is 606 g/mol.